The highest BCUT2D eigenvalue weighted by atomic mass is 35.5. The van der Waals surface area contributed by atoms with E-state index in [1.807, 2.05) is 0 Å². The van der Waals surface area contributed by atoms with E-state index in [1.165, 1.54) is 30.3 Å². The number of fused-ring (bicyclic) bond motifs is 1. The first kappa shape index (κ1) is 15.5. The van der Waals surface area contributed by atoms with Crippen molar-refractivity contribution >= 4 is 59.9 Å². The minimum atomic E-state index is -3.97. The van der Waals surface area contributed by atoms with E-state index >= 15 is 0 Å². The molecule has 0 bridgehead atoms. The third kappa shape index (κ3) is 2.89. The molecular weight excluding hydrogens is 370 g/mol. The highest BCUT2D eigenvalue weighted by molar-refractivity contribution is 7.93. The summed E-state index contributed by atoms with van der Waals surface area (Å²) in [6.45, 7) is 0. The maximum Gasteiger partial charge on any atom is 0.265 e. The number of aromatic nitrogens is 1. The molecule has 0 atom stereocenters. The summed E-state index contributed by atoms with van der Waals surface area (Å²) in [5, 5.41) is 0.320. The number of hydrogen-bond acceptors (Lipinski definition) is 4. The summed E-state index contributed by atoms with van der Waals surface area (Å²) in [6.07, 6.45) is 0. The Labute approximate surface area is 139 Å². The van der Waals surface area contributed by atoms with Gasteiger partial charge < -0.3 is 0 Å². The molecule has 0 radical (unpaired) electrons. The molecule has 1 heterocycles. The number of benzene rings is 2. The Bertz CT molecular complexity index is 973. The van der Waals surface area contributed by atoms with Crippen molar-refractivity contribution in [2.75, 3.05) is 4.72 Å². The molecule has 22 heavy (non-hydrogen) atoms. The minimum absolute atomic E-state index is 0.0317. The van der Waals surface area contributed by atoms with Crippen LogP contribution in [0, 0.1) is 5.82 Å². The lowest BCUT2D eigenvalue weighted by atomic mass is 10.3. The predicted molar refractivity (Wildman–Crippen MR) is 86.8 cm³/mol. The predicted octanol–water partition coefficient (Wildman–Crippen LogP) is 4.54. The van der Waals surface area contributed by atoms with Gasteiger partial charge in [-0.25, -0.2) is 17.8 Å². The molecule has 9 heteroatoms. The van der Waals surface area contributed by atoms with Gasteiger partial charge in [-0.1, -0.05) is 40.6 Å². The van der Waals surface area contributed by atoms with Gasteiger partial charge in [-0.2, -0.15) is 0 Å². The van der Waals surface area contributed by atoms with Crippen molar-refractivity contribution in [1.82, 2.24) is 4.98 Å². The number of nitrogens with zero attached hydrogens (tertiary/aromatic N) is 1. The second kappa shape index (κ2) is 5.66. The molecule has 0 unspecified atom stereocenters. The van der Waals surface area contributed by atoms with Gasteiger partial charge in [0, 0.05) is 5.02 Å². The summed E-state index contributed by atoms with van der Waals surface area (Å²) in [6, 6.07) is 8.54. The Balaban J connectivity index is 2.03. The topological polar surface area (TPSA) is 59.1 Å². The van der Waals surface area contributed by atoms with E-state index in [2.05, 4.69) is 9.71 Å². The third-order valence-corrected chi connectivity index (χ3v) is 5.90. The van der Waals surface area contributed by atoms with Gasteiger partial charge in [0.05, 0.1) is 9.72 Å². The average Bonchev–Trinajstić information content (AvgIpc) is 2.84. The molecule has 1 N–H and O–H groups in total. The van der Waals surface area contributed by atoms with Crippen molar-refractivity contribution < 1.29 is 12.8 Å². The Hall–Kier alpha value is -1.41. The lowest BCUT2D eigenvalue weighted by molar-refractivity contribution is 0.601. The zero-order chi connectivity index (χ0) is 15.9. The van der Waals surface area contributed by atoms with Crippen molar-refractivity contribution in [2.45, 2.75) is 4.90 Å². The number of para-hydroxylation sites is 1. The van der Waals surface area contributed by atoms with Gasteiger partial charge in [0.25, 0.3) is 10.0 Å². The van der Waals surface area contributed by atoms with Gasteiger partial charge in [0.15, 0.2) is 5.13 Å². The van der Waals surface area contributed by atoms with Crippen LogP contribution in [0.5, 0.6) is 0 Å². The smallest absolute Gasteiger partial charge is 0.255 e. The van der Waals surface area contributed by atoms with Crippen LogP contribution in [0.3, 0.4) is 0 Å². The molecule has 1 aromatic heterocycles. The lowest BCUT2D eigenvalue weighted by Gasteiger charge is -2.07. The first-order chi connectivity index (χ1) is 10.4. The van der Waals surface area contributed by atoms with Crippen LogP contribution in [-0.2, 0) is 10.0 Å². The number of hydrogen-bond donors (Lipinski definition) is 1. The normalized spacial score (nSPS) is 11.8. The Kier molecular flexibility index (Phi) is 3.98. The van der Waals surface area contributed by atoms with E-state index < -0.39 is 15.8 Å². The molecule has 4 nitrogen and oxygen atoms in total. The summed E-state index contributed by atoms with van der Waals surface area (Å²) in [4.78, 5) is 3.79. The molecule has 3 rings (SSSR count). The van der Waals surface area contributed by atoms with Crippen molar-refractivity contribution in [3.05, 3.63) is 52.3 Å². The molecule has 0 aliphatic carbocycles. The van der Waals surface area contributed by atoms with E-state index in [1.54, 1.807) is 6.07 Å². The van der Waals surface area contributed by atoms with E-state index in [9.17, 15) is 12.8 Å². The van der Waals surface area contributed by atoms with Crippen LogP contribution in [0.1, 0.15) is 0 Å². The number of nitrogens with one attached hydrogen (secondary N) is 1. The first-order valence-corrected chi connectivity index (χ1v) is 8.95. The van der Waals surface area contributed by atoms with Crippen LogP contribution in [-0.4, -0.2) is 13.4 Å². The van der Waals surface area contributed by atoms with E-state index in [4.69, 9.17) is 23.2 Å². The first-order valence-electron chi connectivity index (χ1n) is 5.90. The lowest BCUT2D eigenvalue weighted by Crippen LogP contribution is -2.13. The number of sulfonamides is 1. The average molecular weight is 377 g/mol. The number of anilines is 1. The Morgan fingerprint density at radius 1 is 1.18 bits per heavy atom. The molecule has 0 spiro atoms. The molecule has 0 aliphatic rings. The fourth-order valence-electron chi connectivity index (χ4n) is 1.81. The van der Waals surface area contributed by atoms with Crippen LogP contribution < -0.4 is 4.72 Å². The van der Waals surface area contributed by atoms with Crippen molar-refractivity contribution in [3.63, 3.8) is 0 Å². The van der Waals surface area contributed by atoms with Gasteiger partial charge in [-0.3, -0.25) is 4.72 Å². The SMILES string of the molecule is O=S(=O)(Nc1nc2c(F)cccc2s1)c1cc(Cl)ccc1Cl. The zero-order valence-electron chi connectivity index (χ0n) is 10.7. The molecule has 3 aromatic rings. The van der Waals surface area contributed by atoms with Crippen LogP contribution >= 0.6 is 34.5 Å². The van der Waals surface area contributed by atoms with Gasteiger partial charge in [-0.15, -0.1) is 0 Å². The van der Waals surface area contributed by atoms with Crippen molar-refractivity contribution in [3.8, 4) is 0 Å². The second-order valence-corrected chi connectivity index (χ2v) is 7.81. The highest BCUT2D eigenvalue weighted by Crippen LogP contribution is 2.31. The van der Waals surface area contributed by atoms with Crippen LogP contribution in [0.2, 0.25) is 10.0 Å². The molecule has 0 saturated carbocycles. The summed E-state index contributed by atoms with van der Waals surface area (Å²) in [5.41, 5.74) is 0.113. The molecule has 0 fully saturated rings. The zero-order valence-corrected chi connectivity index (χ0v) is 13.8. The fourth-order valence-corrected chi connectivity index (χ4v) is 4.69. The van der Waals surface area contributed by atoms with Gasteiger partial charge >= 0.3 is 0 Å². The summed E-state index contributed by atoms with van der Waals surface area (Å²) in [7, 11) is -3.97. The van der Waals surface area contributed by atoms with Crippen molar-refractivity contribution in [2.24, 2.45) is 0 Å². The Morgan fingerprint density at radius 3 is 2.68 bits per heavy atom. The third-order valence-electron chi connectivity index (χ3n) is 2.77. The number of rotatable bonds is 3. The maximum absolute atomic E-state index is 13.6. The molecule has 0 amide bonds. The van der Waals surface area contributed by atoms with E-state index in [-0.39, 0.29) is 25.6 Å². The van der Waals surface area contributed by atoms with E-state index in [0.29, 0.717) is 4.70 Å². The van der Waals surface area contributed by atoms with Crippen LogP contribution in [0.4, 0.5) is 9.52 Å². The summed E-state index contributed by atoms with van der Waals surface area (Å²) in [5.74, 6) is -0.514. The maximum atomic E-state index is 13.6. The fraction of sp³-hybridized carbons (Fsp3) is 0. The molecule has 114 valence electrons. The monoisotopic (exact) mass is 376 g/mol. The van der Waals surface area contributed by atoms with E-state index in [0.717, 1.165) is 11.3 Å². The van der Waals surface area contributed by atoms with Crippen molar-refractivity contribution in [1.29, 1.82) is 0 Å². The quantitative estimate of drug-likeness (QED) is 0.729. The molecular formula is C13H7Cl2FN2O2S2. The molecule has 2 aromatic carbocycles. The molecule has 0 saturated heterocycles. The van der Waals surface area contributed by atoms with Gasteiger partial charge in [0.1, 0.15) is 16.2 Å². The summed E-state index contributed by atoms with van der Waals surface area (Å²) < 4.78 is 41.1. The van der Waals surface area contributed by atoms with Crippen LogP contribution in [0.15, 0.2) is 41.3 Å². The van der Waals surface area contributed by atoms with Gasteiger partial charge in [-0.05, 0) is 30.3 Å². The summed E-state index contributed by atoms with van der Waals surface area (Å²) >= 11 is 12.7. The number of thiazole rings is 1. The highest BCUT2D eigenvalue weighted by Gasteiger charge is 2.20. The second-order valence-electron chi connectivity index (χ2n) is 4.29. The largest absolute Gasteiger partial charge is 0.265 e. The molecule has 0 aliphatic heterocycles. The standard InChI is InChI=1S/C13H7Cl2FN2O2S2/c14-7-4-5-8(15)11(6-7)22(19,20)18-13-17-12-9(16)2-1-3-10(12)21-13/h1-6H,(H,17,18). The minimum Gasteiger partial charge on any atom is -0.255 e. The number of halogens is 3. The van der Waals surface area contributed by atoms with Crippen LogP contribution in [0.25, 0.3) is 10.2 Å². The van der Waals surface area contributed by atoms with Gasteiger partial charge in [0.2, 0.25) is 0 Å². The Morgan fingerprint density at radius 2 is 1.95 bits per heavy atom.